The minimum absolute atomic E-state index is 0.287. The van der Waals surface area contributed by atoms with Crippen molar-refractivity contribution in [3.63, 3.8) is 0 Å². The van der Waals surface area contributed by atoms with Crippen molar-refractivity contribution in [3.05, 3.63) is 17.8 Å². The molecule has 1 heterocycles. The topological polar surface area (TPSA) is 37.8 Å². The molecule has 1 saturated carbocycles. The Morgan fingerprint density at radius 3 is 2.32 bits per heavy atom. The van der Waals surface area contributed by atoms with Crippen LogP contribution in [0.15, 0.2) is 12.1 Å². The molecule has 0 unspecified atom stereocenters. The van der Waals surface area contributed by atoms with E-state index in [9.17, 15) is 13.2 Å². The van der Waals surface area contributed by atoms with Crippen LogP contribution in [0.1, 0.15) is 31.4 Å². The Labute approximate surface area is 114 Å². The lowest BCUT2D eigenvalue weighted by molar-refractivity contribution is -0.141. The maximum absolute atomic E-state index is 12.3. The molecule has 0 aromatic carbocycles. The van der Waals surface area contributed by atoms with Crippen LogP contribution in [0.5, 0.6) is 0 Å². The maximum atomic E-state index is 12.3. The third-order valence-electron chi connectivity index (χ3n) is 3.31. The van der Waals surface area contributed by atoms with E-state index in [-0.39, 0.29) is 6.04 Å². The van der Waals surface area contributed by atoms with E-state index in [2.05, 4.69) is 21.8 Å². The van der Waals surface area contributed by atoms with Crippen LogP contribution in [-0.4, -0.2) is 27.7 Å². The SMILES string of the molecule is CSC1CCC(Nc2ccc(C(F)(F)F)nn2)CC1. The van der Waals surface area contributed by atoms with Crippen molar-refractivity contribution < 1.29 is 13.2 Å². The molecule has 1 N–H and O–H groups in total. The molecule has 3 nitrogen and oxygen atoms in total. The average Bonchev–Trinajstić information content (AvgIpc) is 2.39. The zero-order valence-corrected chi connectivity index (χ0v) is 11.4. The molecule has 1 fully saturated rings. The summed E-state index contributed by atoms with van der Waals surface area (Å²) in [6.07, 6.45) is 1.99. The maximum Gasteiger partial charge on any atom is 0.435 e. The molecule has 0 radical (unpaired) electrons. The summed E-state index contributed by atoms with van der Waals surface area (Å²) in [5, 5.41) is 10.7. The summed E-state index contributed by atoms with van der Waals surface area (Å²) in [4.78, 5) is 0. The second-order valence-electron chi connectivity index (χ2n) is 4.66. The summed E-state index contributed by atoms with van der Waals surface area (Å²) in [5.74, 6) is 0.417. The van der Waals surface area contributed by atoms with Gasteiger partial charge in [-0.15, -0.1) is 10.2 Å². The van der Waals surface area contributed by atoms with Crippen LogP contribution in [0.25, 0.3) is 0 Å². The predicted molar refractivity (Wildman–Crippen MR) is 70.2 cm³/mol. The lowest BCUT2D eigenvalue weighted by atomic mass is 9.95. The van der Waals surface area contributed by atoms with Gasteiger partial charge >= 0.3 is 6.18 Å². The molecule has 0 atom stereocenters. The third-order valence-corrected chi connectivity index (χ3v) is 4.45. The first-order chi connectivity index (χ1) is 8.99. The van der Waals surface area contributed by atoms with Gasteiger partial charge < -0.3 is 5.32 Å². The Balaban J connectivity index is 1.90. The number of aromatic nitrogens is 2. The van der Waals surface area contributed by atoms with E-state index in [1.54, 1.807) is 0 Å². The summed E-state index contributed by atoms with van der Waals surface area (Å²) >= 11 is 1.88. The van der Waals surface area contributed by atoms with Gasteiger partial charge in [-0.2, -0.15) is 24.9 Å². The minimum atomic E-state index is -4.43. The first kappa shape index (κ1) is 14.4. The van der Waals surface area contributed by atoms with E-state index in [0.29, 0.717) is 11.1 Å². The van der Waals surface area contributed by atoms with Crippen molar-refractivity contribution in [3.8, 4) is 0 Å². The number of thioether (sulfide) groups is 1. The molecule has 0 saturated heterocycles. The van der Waals surface area contributed by atoms with Gasteiger partial charge in [0.25, 0.3) is 0 Å². The molecule has 1 aliphatic rings. The lowest BCUT2D eigenvalue weighted by Gasteiger charge is -2.28. The summed E-state index contributed by atoms with van der Waals surface area (Å²) in [5.41, 5.74) is -0.954. The zero-order valence-electron chi connectivity index (χ0n) is 10.6. The highest BCUT2D eigenvalue weighted by Crippen LogP contribution is 2.29. The van der Waals surface area contributed by atoms with Gasteiger partial charge in [-0.3, -0.25) is 0 Å². The fourth-order valence-corrected chi connectivity index (χ4v) is 2.96. The standard InChI is InChI=1S/C12H16F3N3S/c1-19-9-4-2-8(3-5-9)16-11-7-6-10(17-18-11)12(13,14)15/h6-9H,2-5H2,1H3,(H,16,18). The normalized spacial score (nSPS) is 24.2. The van der Waals surface area contributed by atoms with Crippen molar-refractivity contribution >= 4 is 17.6 Å². The van der Waals surface area contributed by atoms with Crippen LogP contribution in [0.3, 0.4) is 0 Å². The Hall–Kier alpha value is -0.980. The van der Waals surface area contributed by atoms with E-state index < -0.39 is 11.9 Å². The van der Waals surface area contributed by atoms with Crippen LogP contribution < -0.4 is 5.32 Å². The van der Waals surface area contributed by atoms with Crippen LogP contribution >= 0.6 is 11.8 Å². The highest BCUT2D eigenvalue weighted by atomic mass is 32.2. The van der Waals surface area contributed by atoms with Gasteiger partial charge in [0.05, 0.1) is 0 Å². The van der Waals surface area contributed by atoms with E-state index in [1.165, 1.54) is 6.07 Å². The van der Waals surface area contributed by atoms with Gasteiger partial charge in [0.2, 0.25) is 0 Å². The average molecular weight is 291 g/mol. The van der Waals surface area contributed by atoms with Gasteiger partial charge in [0.1, 0.15) is 5.82 Å². The van der Waals surface area contributed by atoms with Gasteiger partial charge in [0, 0.05) is 11.3 Å². The molecule has 1 aromatic heterocycles. The Morgan fingerprint density at radius 1 is 1.16 bits per heavy atom. The van der Waals surface area contributed by atoms with E-state index in [1.807, 2.05) is 11.8 Å². The number of hydrogen-bond acceptors (Lipinski definition) is 4. The van der Waals surface area contributed by atoms with Gasteiger partial charge in [-0.25, -0.2) is 0 Å². The minimum Gasteiger partial charge on any atom is -0.366 e. The molecule has 7 heteroatoms. The number of hydrogen-bond donors (Lipinski definition) is 1. The van der Waals surface area contributed by atoms with Crippen molar-refractivity contribution in [2.75, 3.05) is 11.6 Å². The summed E-state index contributed by atoms with van der Waals surface area (Å²) in [6.45, 7) is 0. The molecule has 0 spiro atoms. The predicted octanol–water partition coefficient (Wildman–Crippen LogP) is 3.58. The van der Waals surface area contributed by atoms with Crippen LogP contribution in [0.2, 0.25) is 0 Å². The summed E-state index contributed by atoms with van der Waals surface area (Å²) in [6, 6.07) is 2.59. The molecule has 2 rings (SSSR count). The van der Waals surface area contributed by atoms with E-state index in [0.717, 1.165) is 31.7 Å². The smallest absolute Gasteiger partial charge is 0.366 e. The second kappa shape index (κ2) is 5.98. The molecule has 1 aromatic rings. The first-order valence-corrected chi connectivity index (χ1v) is 7.48. The van der Waals surface area contributed by atoms with Crippen LogP contribution in [0.4, 0.5) is 19.0 Å². The number of alkyl halides is 3. The summed E-state index contributed by atoms with van der Waals surface area (Å²) < 4.78 is 37.0. The number of rotatable bonds is 3. The van der Waals surface area contributed by atoms with Crippen molar-refractivity contribution in [1.29, 1.82) is 0 Å². The second-order valence-corrected chi connectivity index (χ2v) is 5.79. The van der Waals surface area contributed by atoms with E-state index >= 15 is 0 Å². The largest absolute Gasteiger partial charge is 0.435 e. The van der Waals surface area contributed by atoms with E-state index in [4.69, 9.17) is 0 Å². The molecule has 0 aliphatic heterocycles. The van der Waals surface area contributed by atoms with Crippen LogP contribution in [0, 0.1) is 0 Å². The fraction of sp³-hybridized carbons (Fsp3) is 0.667. The molecule has 106 valence electrons. The third kappa shape index (κ3) is 3.99. The molecule has 1 aliphatic carbocycles. The Kier molecular flexibility index (Phi) is 4.54. The monoisotopic (exact) mass is 291 g/mol. The van der Waals surface area contributed by atoms with Gasteiger partial charge in [-0.1, -0.05) is 0 Å². The first-order valence-electron chi connectivity index (χ1n) is 6.19. The Bertz CT molecular complexity index is 400. The zero-order chi connectivity index (χ0) is 13.9. The van der Waals surface area contributed by atoms with Gasteiger partial charge in [0.15, 0.2) is 5.69 Å². The number of nitrogens with zero attached hydrogens (tertiary/aromatic N) is 2. The van der Waals surface area contributed by atoms with Gasteiger partial charge in [-0.05, 0) is 44.1 Å². The van der Waals surface area contributed by atoms with Crippen LogP contribution in [-0.2, 0) is 6.18 Å². The molecular weight excluding hydrogens is 275 g/mol. The lowest BCUT2D eigenvalue weighted by Crippen LogP contribution is -2.27. The Morgan fingerprint density at radius 2 is 1.84 bits per heavy atom. The quantitative estimate of drug-likeness (QED) is 0.923. The number of anilines is 1. The molecule has 0 amide bonds. The van der Waals surface area contributed by atoms with Crippen molar-refractivity contribution in [1.82, 2.24) is 10.2 Å². The van der Waals surface area contributed by atoms with Crippen molar-refractivity contribution in [2.24, 2.45) is 0 Å². The summed E-state index contributed by atoms with van der Waals surface area (Å²) in [7, 11) is 0. The molecule has 19 heavy (non-hydrogen) atoms. The number of nitrogens with one attached hydrogen (secondary N) is 1. The van der Waals surface area contributed by atoms with Crippen molar-refractivity contribution in [2.45, 2.75) is 43.2 Å². The highest BCUT2D eigenvalue weighted by molar-refractivity contribution is 7.99. The highest BCUT2D eigenvalue weighted by Gasteiger charge is 2.33. The fourth-order valence-electron chi connectivity index (χ4n) is 2.21. The molecular formula is C12H16F3N3S. The molecule has 0 bridgehead atoms. The number of halogens is 3.